The molecule has 1 unspecified atom stereocenters. The summed E-state index contributed by atoms with van der Waals surface area (Å²) in [7, 11) is 0. The molecule has 0 amide bonds. The Labute approximate surface area is 234 Å². The van der Waals surface area contributed by atoms with Gasteiger partial charge in [0.25, 0.3) is 0 Å². The molecule has 13 heteroatoms. The molecule has 0 bridgehead atoms. The Morgan fingerprint density at radius 3 is 2.87 bits per heavy atom. The minimum atomic E-state index is -2.53. The Bertz CT molecular complexity index is 1560. The van der Waals surface area contributed by atoms with E-state index in [1.807, 2.05) is 6.92 Å². The van der Waals surface area contributed by atoms with Crippen molar-refractivity contribution in [1.29, 1.82) is 0 Å². The number of halogens is 2. The van der Waals surface area contributed by atoms with E-state index in [1.165, 1.54) is 31.7 Å². The fourth-order valence-electron chi connectivity index (χ4n) is 4.72. The van der Waals surface area contributed by atoms with Crippen molar-refractivity contribution in [3.05, 3.63) is 35.4 Å². The molecule has 1 aromatic carbocycles. The zero-order valence-corrected chi connectivity index (χ0v) is 22.5. The first-order valence-corrected chi connectivity index (χ1v) is 13.8. The van der Waals surface area contributed by atoms with Crippen LogP contribution < -0.4 is 5.32 Å². The topological polar surface area (TPSA) is 116 Å². The minimum Gasteiger partial charge on any atom is -0.394 e. The normalized spacial score (nSPS) is 38.2. The largest absolute Gasteiger partial charge is 0.394 e. The second-order valence-corrected chi connectivity index (χ2v) is 11.1. The standard InChI is InChI=1S/C26H32F2N6O4S/c1-4-9-39-25-30-23(29-17-11-14(17)13-5-6-15(27)16(28)10-13)20-24(31-25)34(33-32-20)18-12-19(36-8-7-35)22-21(18)37-26(2,3)38-22/h5-6,10,14,17-19,21-22,35H,4,7-9,11-12H2,1-3H3,(H,29,30,31)/t14-,17+,18+,19-,21-,22+/m0/s1/i12D,18D,21D,22D/t12?,14-,17+,18+,19-,21-,22+. The smallest absolute Gasteiger partial charge is 0.191 e. The molecule has 0 radical (unpaired) electrons. The van der Waals surface area contributed by atoms with E-state index in [1.54, 1.807) is 6.07 Å². The molecule has 3 fully saturated rings. The van der Waals surface area contributed by atoms with E-state index in [9.17, 15) is 16.6 Å². The molecular formula is C26H32F2N6O4S. The molecule has 2 saturated carbocycles. The maximum absolute atomic E-state index is 13.9. The quantitative estimate of drug-likeness (QED) is 0.277. The molecule has 3 aliphatic rings. The Kier molecular flexibility index (Phi) is 6.00. The van der Waals surface area contributed by atoms with Crippen LogP contribution in [0.3, 0.4) is 0 Å². The van der Waals surface area contributed by atoms with Crippen LogP contribution >= 0.6 is 11.8 Å². The van der Waals surface area contributed by atoms with E-state index in [0.717, 1.165) is 17.2 Å². The van der Waals surface area contributed by atoms with Gasteiger partial charge < -0.3 is 24.6 Å². The fourth-order valence-corrected chi connectivity index (χ4v) is 5.41. The number of nitrogens with one attached hydrogen (secondary N) is 1. The molecule has 3 aromatic rings. The van der Waals surface area contributed by atoms with Gasteiger partial charge in [0.1, 0.15) is 12.2 Å². The highest BCUT2D eigenvalue weighted by atomic mass is 32.2. The van der Waals surface area contributed by atoms with Gasteiger partial charge in [-0.2, -0.15) is 0 Å². The van der Waals surface area contributed by atoms with Crippen LogP contribution in [-0.4, -0.2) is 79.1 Å². The number of aliphatic hydroxyl groups is 1. The van der Waals surface area contributed by atoms with Crippen molar-refractivity contribution in [2.45, 2.75) is 87.2 Å². The van der Waals surface area contributed by atoms with E-state index in [0.29, 0.717) is 28.7 Å². The number of aliphatic hydroxyl groups excluding tert-OH is 1. The number of rotatable bonds is 10. The molecule has 2 N–H and O–H groups in total. The summed E-state index contributed by atoms with van der Waals surface area (Å²) in [5.41, 5.74) is 0.836. The van der Waals surface area contributed by atoms with Crippen LogP contribution in [-0.2, 0) is 14.2 Å². The first-order valence-electron chi connectivity index (χ1n) is 14.9. The van der Waals surface area contributed by atoms with Gasteiger partial charge in [-0.25, -0.2) is 23.4 Å². The second-order valence-electron chi connectivity index (χ2n) is 10.0. The zero-order valence-electron chi connectivity index (χ0n) is 25.6. The highest BCUT2D eigenvalue weighted by molar-refractivity contribution is 7.99. The summed E-state index contributed by atoms with van der Waals surface area (Å²) < 4.78 is 82.9. The fraction of sp³-hybridized carbons (Fsp3) is 0.615. The molecule has 39 heavy (non-hydrogen) atoms. The number of nitrogens with zero attached hydrogens (tertiary/aromatic N) is 5. The minimum absolute atomic E-state index is 0.0402. The van der Waals surface area contributed by atoms with Gasteiger partial charge in [0.05, 0.1) is 29.4 Å². The number of aromatic nitrogens is 5. The summed E-state index contributed by atoms with van der Waals surface area (Å²) in [6.07, 6.45) is -6.52. The van der Waals surface area contributed by atoms with Crippen molar-refractivity contribution in [2.75, 3.05) is 24.3 Å². The van der Waals surface area contributed by atoms with E-state index in [4.69, 9.17) is 17.0 Å². The van der Waals surface area contributed by atoms with Crippen LogP contribution in [0.4, 0.5) is 14.6 Å². The summed E-state index contributed by atoms with van der Waals surface area (Å²) >= 11 is 1.36. The van der Waals surface area contributed by atoms with Gasteiger partial charge in [-0.3, -0.25) is 0 Å². The Balaban J connectivity index is 1.42. The predicted octanol–water partition coefficient (Wildman–Crippen LogP) is 3.81. The molecule has 1 saturated heterocycles. The number of benzene rings is 1. The maximum Gasteiger partial charge on any atom is 0.191 e. The summed E-state index contributed by atoms with van der Waals surface area (Å²) in [6.45, 7) is 4.35. The summed E-state index contributed by atoms with van der Waals surface area (Å²) in [5, 5.41) is 21.4. The lowest BCUT2D eigenvalue weighted by Crippen LogP contribution is -2.31. The predicted molar refractivity (Wildman–Crippen MR) is 140 cm³/mol. The molecule has 1 aliphatic heterocycles. The third-order valence-corrected chi connectivity index (χ3v) is 7.60. The Hall–Kier alpha value is -2.45. The van der Waals surface area contributed by atoms with Crippen LogP contribution in [0.2, 0.25) is 0 Å². The van der Waals surface area contributed by atoms with E-state index >= 15 is 0 Å². The highest BCUT2D eigenvalue weighted by Gasteiger charge is 2.56. The van der Waals surface area contributed by atoms with Gasteiger partial charge in [-0.1, -0.05) is 30.0 Å². The molecule has 3 heterocycles. The van der Waals surface area contributed by atoms with Crippen LogP contribution in [0.1, 0.15) is 63.0 Å². The monoisotopic (exact) mass is 566 g/mol. The highest BCUT2D eigenvalue weighted by Crippen LogP contribution is 2.46. The van der Waals surface area contributed by atoms with Crippen LogP contribution in [0.5, 0.6) is 0 Å². The van der Waals surface area contributed by atoms with Crippen molar-refractivity contribution < 1.29 is 33.6 Å². The van der Waals surface area contributed by atoms with Gasteiger partial charge in [0, 0.05) is 25.5 Å². The second kappa shape index (κ2) is 10.5. The molecule has 10 nitrogen and oxygen atoms in total. The third kappa shape index (κ3) is 5.22. The van der Waals surface area contributed by atoms with Gasteiger partial charge in [-0.05, 0) is 44.4 Å². The average molecular weight is 567 g/mol. The molecule has 7 atom stereocenters. The SMILES string of the molecule is [2H]C1[C@H](OCCO)[C@@]2([2H])OC(C)(C)O[C@@]2([2H])[C@]1([2H])n1nnc2c(N[C@@H]3C[C@H]3c3ccc(F)c(F)c3)nc(SCCC)nc21. The average Bonchev–Trinajstić information content (AvgIpc) is 3.48. The van der Waals surface area contributed by atoms with Crippen molar-refractivity contribution in [3.63, 3.8) is 0 Å². The molecule has 2 aliphatic carbocycles. The number of hydrogen-bond acceptors (Lipinski definition) is 10. The lowest BCUT2D eigenvalue weighted by atomic mass is 10.1. The first kappa shape index (κ1) is 22.3. The van der Waals surface area contributed by atoms with Gasteiger partial charge in [-0.15, -0.1) is 5.10 Å². The number of fused-ring (bicyclic) bond motifs is 2. The van der Waals surface area contributed by atoms with Crippen molar-refractivity contribution in [3.8, 4) is 0 Å². The Morgan fingerprint density at radius 1 is 1.28 bits per heavy atom. The lowest BCUT2D eigenvalue weighted by Gasteiger charge is -2.23. The molecule has 0 spiro atoms. The van der Waals surface area contributed by atoms with Gasteiger partial charge >= 0.3 is 0 Å². The van der Waals surface area contributed by atoms with Gasteiger partial charge in [0.15, 0.2) is 39.6 Å². The van der Waals surface area contributed by atoms with Gasteiger partial charge in [0.2, 0.25) is 0 Å². The molecule has 210 valence electrons. The third-order valence-electron chi connectivity index (χ3n) is 6.54. The van der Waals surface area contributed by atoms with Crippen molar-refractivity contribution >= 4 is 28.7 Å². The van der Waals surface area contributed by atoms with Crippen LogP contribution in [0, 0.1) is 11.6 Å². The molecule has 6 rings (SSSR count). The summed E-state index contributed by atoms with van der Waals surface area (Å²) in [5.74, 6) is -2.45. The number of anilines is 1. The van der Waals surface area contributed by atoms with Crippen LogP contribution in [0.15, 0.2) is 23.4 Å². The summed E-state index contributed by atoms with van der Waals surface area (Å²) in [4.78, 5) is 9.24. The van der Waals surface area contributed by atoms with E-state index < -0.39 is 54.7 Å². The van der Waals surface area contributed by atoms with Crippen molar-refractivity contribution in [1.82, 2.24) is 25.0 Å². The number of hydrogen-bond donors (Lipinski definition) is 2. The van der Waals surface area contributed by atoms with E-state index in [2.05, 4.69) is 25.6 Å². The van der Waals surface area contributed by atoms with Crippen molar-refractivity contribution in [2.24, 2.45) is 0 Å². The Morgan fingerprint density at radius 2 is 2.10 bits per heavy atom. The lowest BCUT2D eigenvalue weighted by molar-refractivity contribution is -0.171. The molecule has 2 aromatic heterocycles. The van der Waals surface area contributed by atoms with Crippen LogP contribution in [0.25, 0.3) is 11.2 Å². The molecular weight excluding hydrogens is 530 g/mol. The summed E-state index contributed by atoms with van der Waals surface area (Å²) in [6, 6.07) is 1.19. The first-order chi connectivity index (χ1) is 20.3. The number of thioether (sulfide) groups is 1. The van der Waals surface area contributed by atoms with E-state index in [-0.39, 0.29) is 29.7 Å². The number of ether oxygens (including phenoxy) is 3. The maximum atomic E-state index is 13.9. The zero-order chi connectivity index (χ0) is 30.9.